The largest absolute Gasteiger partial charge is 0.632 e. The summed E-state index contributed by atoms with van der Waals surface area (Å²) in [5, 5.41) is 33.1. The van der Waals surface area contributed by atoms with Crippen LogP contribution < -0.4 is 0 Å². The summed E-state index contributed by atoms with van der Waals surface area (Å²) in [4.78, 5) is 25.0. The molecule has 0 saturated carbocycles. The van der Waals surface area contributed by atoms with Crippen molar-refractivity contribution in [2.75, 3.05) is 26.3 Å². The Bertz CT molecular complexity index is 672. The third-order valence-corrected chi connectivity index (χ3v) is 5.87. The molecule has 8 heteroatoms. The Hall–Kier alpha value is -1.74. The molecule has 5 atom stereocenters. The first-order valence-electron chi connectivity index (χ1n) is 8.88. The van der Waals surface area contributed by atoms with Crippen LogP contribution in [0.2, 0.25) is 0 Å². The Morgan fingerprint density at radius 2 is 2.19 bits per heavy atom. The van der Waals surface area contributed by atoms with Gasteiger partial charge in [-0.25, -0.2) is 9.59 Å². The molecule has 0 aromatic heterocycles. The van der Waals surface area contributed by atoms with Gasteiger partial charge in [0.2, 0.25) is 0 Å². The van der Waals surface area contributed by atoms with E-state index in [2.05, 4.69) is 0 Å². The Kier molecular flexibility index (Phi) is 4.96. The molecule has 3 rings (SSSR count). The molecule has 2 unspecified atom stereocenters. The van der Waals surface area contributed by atoms with Crippen molar-refractivity contribution in [3.8, 4) is 0 Å². The van der Waals surface area contributed by atoms with E-state index in [1.165, 1.54) is 0 Å². The van der Waals surface area contributed by atoms with Crippen molar-refractivity contribution in [3.63, 3.8) is 0 Å². The van der Waals surface area contributed by atoms with Gasteiger partial charge in [0.1, 0.15) is 6.61 Å². The molecular formula is C18H25NO7. The van der Waals surface area contributed by atoms with Crippen LogP contribution in [0.3, 0.4) is 0 Å². The van der Waals surface area contributed by atoms with Gasteiger partial charge in [-0.15, -0.1) is 0 Å². The zero-order valence-corrected chi connectivity index (χ0v) is 15.0. The van der Waals surface area contributed by atoms with Crippen LogP contribution in [0.5, 0.6) is 0 Å². The van der Waals surface area contributed by atoms with Crippen LogP contribution in [0.25, 0.3) is 0 Å². The summed E-state index contributed by atoms with van der Waals surface area (Å²) < 4.78 is 10.4. The maximum atomic E-state index is 12.9. The van der Waals surface area contributed by atoms with Gasteiger partial charge < -0.3 is 29.5 Å². The summed E-state index contributed by atoms with van der Waals surface area (Å²) in [5.41, 5.74) is -1.25. The highest BCUT2D eigenvalue weighted by molar-refractivity contribution is 5.89. The van der Waals surface area contributed by atoms with Gasteiger partial charge in [-0.05, 0) is 19.4 Å². The number of hydrogen-bond acceptors (Lipinski definition) is 7. The lowest BCUT2D eigenvalue weighted by Gasteiger charge is -2.41. The maximum absolute atomic E-state index is 12.9. The Balaban J connectivity index is 1.96. The molecule has 0 aliphatic carbocycles. The molecule has 0 aromatic rings. The number of esters is 2. The van der Waals surface area contributed by atoms with E-state index < -0.39 is 46.9 Å². The summed E-state index contributed by atoms with van der Waals surface area (Å²) in [6.45, 7) is 2.81. The molecule has 3 heterocycles. The topological polar surface area (TPSA) is 116 Å². The first-order chi connectivity index (χ1) is 12.2. The van der Waals surface area contributed by atoms with E-state index in [0.717, 1.165) is 0 Å². The fourth-order valence-electron chi connectivity index (χ4n) is 4.08. The molecule has 8 nitrogen and oxygen atoms in total. The summed E-state index contributed by atoms with van der Waals surface area (Å²) in [5.74, 6) is -2.27. The number of cyclic esters (lactones) is 1. The minimum atomic E-state index is -2.13. The molecule has 2 N–H and O–H groups in total. The number of quaternary nitrogens is 1. The molecule has 3 aliphatic rings. The summed E-state index contributed by atoms with van der Waals surface area (Å²) in [6.07, 6.45) is 3.22. The first kappa shape index (κ1) is 19.0. The second kappa shape index (κ2) is 6.77. The van der Waals surface area contributed by atoms with E-state index in [1.54, 1.807) is 26.0 Å². The fraction of sp³-hybridized carbons (Fsp3) is 0.667. The molecule has 26 heavy (non-hydrogen) atoms. The number of carbonyl (C=O) groups excluding carboxylic acids is 2. The van der Waals surface area contributed by atoms with E-state index in [-0.39, 0.29) is 25.1 Å². The first-order valence-corrected chi connectivity index (χ1v) is 8.88. The van der Waals surface area contributed by atoms with Gasteiger partial charge in [-0.1, -0.05) is 13.0 Å². The maximum Gasteiger partial charge on any atom is 0.341 e. The van der Waals surface area contributed by atoms with Crippen molar-refractivity contribution in [2.24, 2.45) is 5.92 Å². The number of carbonyl (C=O) groups is 2. The predicted octanol–water partition coefficient (Wildman–Crippen LogP) is 0.178. The summed E-state index contributed by atoms with van der Waals surface area (Å²) in [6, 6.07) is -0.594. The molecule has 0 amide bonds. The second-order valence-electron chi connectivity index (χ2n) is 7.39. The van der Waals surface area contributed by atoms with Gasteiger partial charge in [-0.3, -0.25) is 0 Å². The number of aliphatic hydroxyl groups excluding tert-OH is 1. The van der Waals surface area contributed by atoms with E-state index >= 15 is 0 Å². The highest BCUT2D eigenvalue weighted by atomic mass is 16.6. The van der Waals surface area contributed by atoms with Crippen molar-refractivity contribution in [1.29, 1.82) is 0 Å². The number of hydrogen-bond donors (Lipinski definition) is 2. The monoisotopic (exact) mass is 367 g/mol. The molecule has 3 aliphatic heterocycles. The Morgan fingerprint density at radius 3 is 2.85 bits per heavy atom. The van der Waals surface area contributed by atoms with Gasteiger partial charge in [0.05, 0.1) is 19.7 Å². The van der Waals surface area contributed by atoms with E-state index in [1.807, 2.05) is 0 Å². The number of hydroxylamine groups is 3. The van der Waals surface area contributed by atoms with E-state index in [4.69, 9.17) is 9.47 Å². The zero-order chi connectivity index (χ0) is 19.1. The third-order valence-electron chi connectivity index (χ3n) is 5.87. The molecule has 0 radical (unpaired) electrons. The average molecular weight is 367 g/mol. The van der Waals surface area contributed by atoms with Crippen LogP contribution in [0.15, 0.2) is 23.3 Å². The normalized spacial score (nSPS) is 42.4. The predicted molar refractivity (Wildman–Crippen MR) is 90.3 cm³/mol. The van der Waals surface area contributed by atoms with Gasteiger partial charge in [0, 0.05) is 23.5 Å². The number of allylic oxidation sites excluding steroid dienone is 1. The quantitative estimate of drug-likeness (QED) is 0.223. The summed E-state index contributed by atoms with van der Waals surface area (Å²) in [7, 11) is 0. The molecule has 0 aromatic carbocycles. The van der Waals surface area contributed by atoms with E-state index in [0.29, 0.717) is 18.5 Å². The van der Waals surface area contributed by atoms with Gasteiger partial charge in [-0.2, -0.15) is 0 Å². The second-order valence-corrected chi connectivity index (χ2v) is 7.39. The number of rotatable bonds is 1. The highest BCUT2D eigenvalue weighted by Crippen LogP contribution is 2.39. The third kappa shape index (κ3) is 2.96. The molecular weight excluding hydrogens is 342 g/mol. The van der Waals surface area contributed by atoms with Crippen LogP contribution in [-0.2, 0) is 19.1 Å². The minimum absolute atomic E-state index is 0.0406. The number of ether oxygens (including phenoxy) is 2. The van der Waals surface area contributed by atoms with Gasteiger partial charge in [0.25, 0.3) is 0 Å². The minimum Gasteiger partial charge on any atom is -0.632 e. The van der Waals surface area contributed by atoms with E-state index in [9.17, 15) is 25.0 Å². The lowest BCUT2D eigenvalue weighted by Crippen LogP contribution is -2.51. The summed E-state index contributed by atoms with van der Waals surface area (Å²) >= 11 is 0. The van der Waals surface area contributed by atoms with Crippen LogP contribution >= 0.6 is 0 Å². The lowest BCUT2D eigenvalue weighted by molar-refractivity contribution is -0.877. The van der Waals surface area contributed by atoms with Gasteiger partial charge >= 0.3 is 11.9 Å². The van der Waals surface area contributed by atoms with Crippen molar-refractivity contribution in [1.82, 2.24) is 0 Å². The molecule has 144 valence electrons. The van der Waals surface area contributed by atoms with Crippen LogP contribution in [0, 0.1) is 11.1 Å². The molecule has 2 fully saturated rings. The number of nitrogens with zero attached hydrogens (tertiary/aromatic N) is 1. The van der Waals surface area contributed by atoms with Crippen molar-refractivity contribution < 1.29 is 33.9 Å². The lowest BCUT2D eigenvalue weighted by atomic mass is 9.84. The van der Waals surface area contributed by atoms with Gasteiger partial charge in [0.15, 0.2) is 17.7 Å². The Morgan fingerprint density at radius 1 is 1.46 bits per heavy atom. The van der Waals surface area contributed by atoms with Crippen molar-refractivity contribution in [3.05, 3.63) is 28.5 Å². The zero-order valence-electron chi connectivity index (χ0n) is 15.0. The average Bonchev–Trinajstić information content (AvgIpc) is 3.11. The number of aliphatic hydroxyl groups is 2. The SMILES string of the molecule is C/C=C1\CC(C)[C@](O)(CO)C(=O)OCC2=CC[N+]3([O-])CC[C@@H](OC1=O)[C@@H]23. The molecule has 0 spiro atoms. The van der Waals surface area contributed by atoms with Crippen molar-refractivity contribution in [2.45, 2.75) is 44.4 Å². The highest BCUT2D eigenvalue weighted by Gasteiger charge is 2.51. The van der Waals surface area contributed by atoms with Crippen molar-refractivity contribution >= 4 is 11.9 Å². The Labute approximate surface area is 151 Å². The standard InChI is InChI=1S/C18H25NO7/c1-3-12-8-11(2)18(23,10-20)17(22)25-9-13-4-6-19(24)7-5-14(15(13)19)26-16(12)21/h3-4,11,14-15,20,23H,5-10H2,1-2H3/b12-3+/t11?,14-,15-,18-,19?/m1/s1. The fourth-order valence-corrected chi connectivity index (χ4v) is 4.08. The smallest absolute Gasteiger partial charge is 0.341 e. The van der Waals surface area contributed by atoms with Crippen LogP contribution in [-0.4, -0.2) is 70.8 Å². The molecule has 0 bridgehead atoms. The van der Waals surface area contributed by atoms with Crippen LogP contribution in [0.1, 0.15) is 26.7 Å². The van der Waals surface area contributed by atoms with Crippen LogP contribution in [0.4, 0.5) is 0 Å². The molecule has 2 saturated heterocycles.